The zero-order chi connectivity index (χ0) is 17.5. The second kappa shape index (κ2) is 8.14. The lowest BCUT2D eigenvalue weighted by Crippen LogP contribution is -2.29. The highest BCUT2D eigenvalue weighted by atomic mass is 31.2. The zero-order valence-corrected chi connectivity index (χ0v) is 15.7. The third kappa shape index (κ3) is 3.67. The van der Waals surface area contributed by atoms with Gasteiger partial charge in [-0.05, 0) is 50.2 Å². The van der Waals surface area contributed by atoms with Crippen molar-refractivity contribution in [2.24, 2.45) is 0 Å². The summed E-state index contributed by atoms with van der Waals surface area (Å²) in [6, 6.07) is 32.4. The van der Waals surface area contributed by atoms with Gasteiger partial charge in [-0.1, -0.05) is 54.6 Å². The Morgan fingerprint density at radius 2 is 1.08 bits per heavy atom. The van der Waals surface area contributed by atoms with Gasteiger partial charge in [0, 0.05) is 0 Å². The SMILES string of the molecule is CCO/C(C)=C\[P+](c1ccccc1)(c1ccccc1)c1ccccc1. The summed E-state index contributed by atoms with van der Waals surface area (Å²) in [5, 5.41) is 4.02. The minimum atomic E-state index is -1.93. The monoisotopic (exact) mass is 347 g/mol. The van der Waals surface area contributed by atoms with Crippen molar-refractivity contribution in [3.63, 3.8) is 0 Å². The highest BCUT2D eigenvalue weighted by molar-refractivity contribution is 7.98. The van der Waals surface area contributed by atoms with Crippen LogP contribution in [0, 0.1) is 0 Å². The Morgan fingerprint density at radius 3 is 1.40 bits per heavy atom. The molecule has 1 nitrogen and oxygen atoms in total. The summed E-state index contributed by atoms with van der Waals surface area (Å²) in [6.45, 7) is 4.78. The van der Waals surface area contributed by atoms with Crippen molar-refractivity contribution in [2.75, 3.05) is 6.61 Å². The minimum absolute atomic E-state index is 0.681. The van der Waals surface area contributed by atoms with Gasteiger partial charge < -0.3 is 4.74 Å². The Bertz CT molecular complexity index is 714. The molecule has 0 fully saturated rings. The van der Waals surface area contributed by atoms with Crippen molar-refractivity contribution in [3.05, 3.63) is 103 Å². The summed E-state index contributed by atoms with van der Waals surface area (Å²) >= 11 is 0. The largest absolute Gasteiger partial charge is 0.495 e. The van der Waals surface area contributed by atoms with E-state index in [1.54, 1.807) is 0 Å². The number of hydrogen-bond donors (Lipinski definition) is 0. The van der Waals surface area contributed by atoms with Crippen molar-refractivity contribution in [3.8, 4) is 0 Å². The summed E-state index contributed by atoms with van der Waals surface area (Å²) < 4.78 is 5.85. The summed E-state index contributed by atoms with van der Waals surface area (Å²) in [4.78, 5) is 0. The number of allylic oxidation sites excluding steroid dienone is 1. The average molecular weight is 347 g/mol. The van der Waals surface area contributed by atoms with E-state index < -0.39 is 7.26 Å². The first-order valence-electron chi connectivity index (χ1n) is 8.65. The first kappa shape index (κ1) is 17.5. The molecule has 0 unspecified atom stereocenters. The second-order valence-corrected chi connectivity index (χ2v) is 9.15. The second-order valence-electron chi connectivity index (χ2n) is 5.90. The predicted octanol–water partition coefficient (Wildman–Crippen LogP) is 4.88. The number of rotatable bonds is 6. The molecule has 126 valence electrons. The van der Waals surface area contributed by atoms with Crippen LogP contribution in [-0.2, 0) is 4.74 Å². The molecule has 2 heteroatoms. The van der Waals surface area contributed by atoms with Gasteiger partial charge in [0.2, 0.25) is 0 Å². The first-order chi connectivity index (χ1) is 12.3. The van der Waals surface area contributed by atoms with Crippen LogP contribution in [0.3, 0.4) is 0 Å². The van der Waals surface area contributed by atoms with Gasteiger partial charge in [0.15, 0.2) is 0 Å². The molecule has 0 aromatic heterocycles. The molecule has 0 aliphatic rings. The van der Waals surface area contributed by atoms with Crippen LogP contribution < -0.4 is 15.9 Å². The highest BCUT2D eigenvalue weighted by Gasteiger charge is 2.44. The van der Waals surface area contributed by atoms with E-state index in [1.807, 2.05) is 6.92 Å². The lowest BCUT2D eigenvalue weighted by Gasteiger charge is -2.24. The van der Waals surface area contributed by atoms with E-state index in [0.29, 0.717) is 6.61 Å². The molecule has 25 heavy (non-hydrogen) atoms. The molecular weight excluding hydrogens is 323 g/mol. The van der Waals surface area contributed by atoms with E-state index in [9.17, 15) is 0 Å². The van der Waals surface area contributed by atoms with Crippen LogP contribution in [0.25, 0.3) is 0 Å². The molecule has 0 heterocycles. The number of benzene rings is 3. The molecule has 3 aromatic carbocycles. The van der Waals surface area contributed by atoms with Crippen LogP contribution in [0.2, 0.25) is 0 Å². The number of hydrogen-bond acceptors (Lipinski definition) is 1. The van der Waals surface area contributed by atoms with E-state index in [0.717, 1.165) is 5.76 Å². The Labute approximate surface area is 151 Å². The Morgan fingerprint density at radius 1 is 0.720 bits per heavy atom. The molecule has 0 spiro atoms. The third-order valence-corrected chi connectivity index (χ3v) is 8.33. The maximum atomic E-state index is 5.85. The van der Waals surface area contributed by atoms with Crippen molar-refractivity contribution >= 4 is 23.2 Å². The molecule has 0 radical (unpaired) electrons. The Hall–Kier alpha value is -2.37. The van der Waals surface area contributed by atoms with E-state index in [2.05, 4.69) is 104 Å². The van der Waals surface area contributed by atoms with Crippen LogP contribution in [0.5, 0.6) is 0 Å². The Balaban J connectivity index is 2.34. The molecule has 0 N–H and O–H groups in total. The van der Waals surface area contributed by atoms with Gasteiger partial charge in [0.05, 0.1) is 6.61 Å². The molecule has 0 saturated carbocycles. The van der Waals surface area contributed by atoms with E-state index >= 15 is 0 Å². The van der Waals surface area contributed by atoms with Gasteiger partial charge in [0.25, 0.3) is 0 Å². The summed E-state index contributed by atoms with van der Waals surface area (Å²) in [5.74, 6) is 3.34. The van der Waals surface area contributed by atoms with E-state index in [1.165, 1.54) is 15.9 Å². The molecular formula is C23H24OP+. The topological polar surface area (TPSA) is 9.23 Å². The summed E-state index contributed by atoms with van der Waals surface area (Å²) in [6.07, 6.45) is 0. The van der Waals surface area contributed by atoms with Crippen LogP contribution in [-0.4, -0.2) is 6.61 Å². The van der Waals surface area contributed by atoms with Gasteiger partial charge >= 0.3 is 0 Å². The van der Waals surface area contributed by atoms with Crippen LogP contribution in [0.15, 0.2) is 103 Å². The Kier molecular flexibility index (Phi) is 5.68. The van der Waals surface area contributed by atoms with Crippen molar-refractivity contribution in [1.82, 2.24) is 0 Å². The van der Waals surface area contributed by atoms with Crippen molar-refractivity contribution < 1.29 is 4.74 Å². The lowest BCUT2D eigenvalue weighted by molar-refractivity contribution is 0.232. The molecule has 0 bridgehead atoms. The normalized spacial score (nSPS) is 12.0. The summed E-state index contributed by atoms with van der Waals surface area (Å²) in [5.41, 5.74) is 0. The quantitative estimate of drug-likeness (QED) is 0.456. The maximum Gasteiger partial charge on any atom is 0.140 e. The van der Waals surface area contributed by atoms with Gasteiger partial charge in [-0.25, -0.2) is 0 Å². The zero-order valence-electron chi connectivity index (χ0n) is 14.8. The molecule has 3 aromatic rings. The fourth-order valence-electron chi connectivity index (χ4n) is 3.20. The van der Waals surface area contributed by atoms with Gasteiger partial charge in [-0.15, -0.1) is 0 Å². The summed E-state index contributed by atoms with van der Waals surface area (Å²) in [7, 11) is -1.93. The molecule has 0 amide bonds. The van der Waals surface area contributed by atoms with Crippen molar-refractivity contribution in [2.45, 2.75) is 13.8 Å². The molecule has 0 aliphatic carbocycles. The molecule has 3 rings (SSSR count). The fourth-order valence-corrected chi connectivity index (χ4v) is 7.09. The fraction of sp³-hybridized carbons (Fsp3) is 0.130. The molecule has 0 atom stereocenters. The van der Waals surface area contributed by atoms with Gasteiger partial charge in [0.1, 0.15) is 34.8 Å². The highest BCUT2D eigenvalue weighted by Crippen LogP contribution is 2.57. The van der Waals surface area contributed by atoms with Gasteiger partial charge in [-0.3, -0.25) is 0 Å². The van der Waals surface area contributed by atoms with Crippen LogP contribution in [0.1, 0.15) is 13.8 Å². The lowest BCUT2D eigenvalue weighted by atomic mass is 10.4. The van der Waals surface area contributed by atoms with Crippen LogP contribution >= 0.6 is 7.26 Å². The van der Waals surface area contributed by atoms with Gasteiger partial charge in [-0.2, -0.15) is 0 Å². The van der Waals surface area contributed by atoms with E-state index in [-0.39, 0.29) is 0 Å². The smallest absolute Gasteiger partial charge is 0.140 e. The molecule has 0 saturated heterocycles. The first-order valence-corrected chi connectivity index (χ1v) is 10.5. The number of ether oxygens (including phenoxy) is 1. The van der Waals surface area contributed by atoms with Crippen molar-refractivity contribution in [1.29, 1.82) is 0 Å². The maximum absolute atomic E-state index is 5.85. The van der Waals surface area contributed by atoms with E-state index in [4.69, 9.17) is 4.74 Å². The van der Waals surface area contributed by atoms with Crippen LogP contribution in [0.4, 0.5) is 0 Å². The molecule has 0 aliphatic heterocycles. The average Bonchev–Trinajstić information content (AvgIpc) is 2.68. The minimum Gasteiger partial charge on any atom is -0.495 e. The third-order valence-electron chi connectivity index (χ3n) is 4.24. The standard InChI is InChI=1S/C23H24OP/c1-3-24-20(2)19-25(21-13-7-4-8-14-21,22-15-9-5-10-16-22)23-17-11-6-12-18-23/h4-19H,3H2,1-2H3/q+1/b20-19-. The predicted molar refractivity (Wildman–Crippen MR) is 111 cm³/mol.